The molecule has 0 saturated carbocycles. The van der Waals surface area contributed by atoms with Crippen molar-refractivity contribution in [2.24, 2.45) is 0 Å². The number of hydrogen-bond donors (Lipinski definition) is 1. The number of Topliss-reactive ketones (excluding diaryl/α,β-unsaturated/α-hetero) is 1. The lowest BCUT2D eigenvalue weighted by Crippen LogP contribution is -2.18. The molecular formula is C3H2Br2O3. The second-order valence-electron chi connectivity index (χ2n) is 0.970. The smallest absolute Gasteiger partial charge is 0.374 e. The lowest BCUT2D eigenvalue weighted by molar-refractivity contribution is -0.148. The Balaban J connectivity index is 3.84. The molecule has 0 saturated heterocycles. The molecule has 0 amide bonds. The van der Waals surface area contributed by atoms with Crippen molar-refractivity contribution in [3.8, 4) is 0 Å². The number of halogens is 2. The first-order chi connectivity index (χ1) is 3.55. The Kier molecular flexibility index (Phi) is 3.23. The van der Waals surface area contributed by atoms with Crippen LogP contribution in [0, 0.1) is 0 Å². The molecule has 0 bridgehead atoms. The first-order valence-electron chi connectivity index (χ1n) is 1.61. The summed E-state index contributed by atoms with van der Waals surface area (Å²) in [6.07, 6.45) is 0. The van der Waals surface area contributed by atoms with E-state index in [0.29, 0.717) is 0 Å². The number of rotatable bonds is 2. The van der Waals surface area contributed by atoms with Crippen LogP contribution in [0.25, 0.3) is 0 Å². The van der Waals surface area contributed by atoms with Crippen LogP contribution in [0.4, 0.5) is 0 Å². The van der Waals surface area contributed by atoms with Gasteiger partial charge < -0.3 is 5.11 Å². The lowest BCUT2D eigenvalue weighted by Gasteiger charge is -1.90. The highest BCUT2D eigenvalue weighted by atomic mass is 79.9. The van der Waals surface area contributed by atoms with E-state index in [1.165, 1.54) is 0 Å². The van der Waals surface area contributed by atoms with Gasteiger partial charge in [-0.2, -0.15) is 0 Å². The van der Waals surface area contributed by atoms with E-state index in [0.717, 1.165) is 0 Å². The van der Waals surface area contributed by atoms with Crippen LogP contribution in [0.5, 0.6) is 0 Å². The van der Waals surface area contributed by atoms with Crippen molar-refractivity contribution in [2.45, 2.75) is 3.74 Å². The molecule has 0 fully saturated rings. The van der Waals surface area contributed by atoms with Crippen molar-refractivity contribution in [3.63, 3.8) is 0 Å². The van der Waals surface area contributed by atoms with Crippen LogP contribution in [0.3, 0.4) is 0 Å². The molecule has 0 rings (SSSR count). The Bertz CT molecular complexity index is 120. The van der Waals surface area contributed by atoms with E-state index in [2.05, 4.69) is 31.9 Å². The maximum absolute atomic E-state index is 10.1. The van der Waals surface area contributed by atoms with Crippen molar-refractivity contribution < 1.29 is 14.7 Å². The van der Waals surface area contributed by atoms with Gasteiger partial charge in [0.1, 0.15) is 3.74 Å². The fraction of sp³-hybridized carbons (Fsp3) is 0.333. The van der Waals surface area contributed by atoms with Crippen LogP contribution >= 0.6 is 31.9 Å². The van der Waals surface area contributed by atoms with Gasteiger partial charge in [-0.15, -0.1) is 0 Å². The second kappa shape index (κ2) is 3.19. The molecule has 0 spiro atoms. The van der Waals surface area contributed by atoms with E-state index in [4.69, 9.17) is 5.11 Å². The fourth-order valence-electron chi connectivity index (χ4n) is 0.0933. The van der Waals surface area contributed by atoms with Gasteiger partial charge in [0.05, 0.1) is 0 Å². The van der Waals surface area contributed by atoms with Crippen molar-refractivity contribution in [1.82, 2.24) is 0 Å². The van der Waals surface area contributed by atoms with Gasteiger partial charge in [-0.25, -0.2) is 4.79 Å². The molecule has 0 aliphatic rings. The van der Waals surface area contributed by atoms with E-state index in [-0.39, 0.29) is 0 Å². The molecular weight excluding hydrogens is 244 g/mol. The predicted molar refractivity (Wildman–Crippen MR) is 34.3 cm³/mol. The van der Waals surface area contributed by atoms with Crippen molar-refractivity contribution in [2.75, 3.05) is 0 Å². The SMILES string of the molecule is O=C(O)C(=O)C(Br)Br. The Morgan fingerprint density at radius 1 is 1.38 bits per heavy atom. The van der Waals surface area contributed by atoms with Crippen LogP contribution in [0.15, 0.2) is 0 Å². The quantitative estimate of drug-likeness (QED) is 0.577. The molecule has 5 heteroatoms. The van der Waals surface area contributed by atoms with Gasteiger partial charge >= 0.3 is 5.97 Å². The number of carbonyl (C=O) groups excluding carboxylic acids is 1. The topological polar surface area (TPSA) is 54.4 Å². The zero-order chi connectivity index (χ0) is 6.73. The maximum Gasteiger partial charge on any atom is 0.374 e. The second-order valence-corrected chi connectivity index (χ2v) is 4.03. The van der Waals surface area contributed by atoms with Crippen LogP contribution in [0.1, 0.15) is 0 Å². The lowest BCUT2D eigenvalue weighted by atomic mass is 10.5. The maximum atomic E-state index is 10.1. The van der Waals surface area contributed by atoms with E-state index in [9.17, 15) is 9.59 Å². The summed E-state index contributed by atoms with van der Waals surface area (Å²) in [5.41, 5.74) is 0. The van der Waals surface area contributed by atoms with Gasteiger partial charge in [-0.1, -0.05) is 31.9 Å². The van der Waals surface area contributed by atoms with Crippen molar-refractivity contribution >= 4 is 43.6 Å². The first kappa shape index (κ1) is 8.10. The molecule has 0 aliphatic heterocycles. The minimum absolute atomic E-state index is 0.771. The third-order valence-electron chi connectivity index (χ3n) is 0.409. The Morgan fingerprint density at radius 2 is 1.75 bits per heavy atom. The number of aliphatic carboxylic acids is 1. The molecule has 0 radical (unpaired) electrons. The van der Waals surface area contributed by atoms with Gasteiger partial charge in [0.15, 0.2) is 0 Å². The highest BCUT2D eigenvalue weighted by Gasteiger charge is 2.17. The van der Waals surface area contributed by atoms with Crippen LogP contribution in [0.2, 0.25) is 0 Å². The molecule has 1 N–H and O–H groups in total. The molecule has 8 heavy (non-hydrogen) atoms. The van der Waals surface area contributed by atoms with Crippen molar-refractivity contribution in [1.29, 1.82) is 0 Å². The summed E-state index contributed by atoms with van der Waals surface area (Å²) in [6, 6.07) is 0. The fourth-order valence-corrected chi connectivity index (χ4v) is 0.485. The summed E-state index contributed by atoms with van der Waals surface area (Å²) < 4.78 is -0.771. The van der Waals surface area contributed by atoms with E-state index in [1.807, 2.05) is 0 Å². The van der Waals surface area contributed by atoms with Gasteiger partial charge in [0, 0.05) is 0 Å². The van der Waals surface area contributed by atoms with Gasteiger partial charge in [-0.3, -0.25) is 4.79 Å². The summed E-state index contributed by atoms with van der Waals surface area (Å²) in [4.78, 5) is 19.9. The number of alkyl halides is 2. The van der Waals surface area contributed by atoms with E-state index < -0.39 is 15.5 Å². The molecule has 0 aromatic carbocycles. The van der Waals surface area contributed by atoms with Crippen LogP contribution in [-0.4, -0.2) is 20.6 Å². The summed E-state index contributed by atoms with van der Waals surface area (Å²) in [5.74, 6) is -2.34. The first-order valence-corrected chi connectivity index (χ1v) is 3.44. The number of hydrogen-bond acceptors (Lipinski definition) is 2. The number of carbonyl (C=O) groups is 2. The van der Waals surface area contributed by atoms with Crippen LogP contribution < -0.4 is 0 Å². The molecule has 46 valence electrons. The average molecular weight is 246 g/mol. The molecule has 0 unspecified atom stereocenters. The highest BCUT2D eigenvalue weighted by Crippen LogP contribution is 2.08. The number of carboxylic acids is 1. The standard InChI is InChI=1S/C3H2Br2O3/c4-2(5)1(6)3(7)8/h2H,(H,7,8). The Labute approximate surface area is 62.3 Å². The summed E-state index contributed by atoms with van der Waals surface area (Å²) >= 11 is 5.45. The monoisotopic (exact) mass is 244 g/mol. The minimum Gasteiger partial charge on any atom is -0.475 e. The minimum atomic E-state index is -1.44. The molecule has 3 nitrogen and oxygen atoms in total. The number of ketones is 1. The normalized spacial score (nSPS) is 9.38. The van der Waals surface area contributed by atoms with Gasteiger partial charge in [0.2, 0.25) is 0 Å². The molecule has 0 aromatic heterocycles. The van der Waals surface area contributed by atoms with Gasteiger partial charge in [-0.05, 0) is 0 Å². The highest BCUT2D eigenvalue weighted by molar-refractivity contribution is 9.25. The zero-order valence-corrected chi connectivity index (χ0v) is 6.77. The van der Waals surface area contributed by atoms with Gasteiger partial charge in [0.25, 0.3) is 5.78 Å². The molecule has 0 atom stereocenters. The molecule has 0 aromatic rings. The Hall–Kier alpha value is 0.1000. The summed E-state index contributed by atoms with van der Waals surface area (Å²) in [7, 11) is 0. The largest absolute Gasteiger partial charge is 0.475 e. The Morgan fingerprint density at radius 3 is 1.75 bits per heavy atom. The number of carboxylic acid groups (broad SMARTS) is 1. The third kappa shape index (κ3) is 2.42. The molecule has 0 heterocycles. The van der Waals surface area contributed by atoms with E-state index >= 15 is 0 Å². The van der Waals surface area contributed by atoms with E-state index in [1.54, 1.807) is 0 Å². The summed E-state index contributed by atoms with van der Waals surface area (Å²) in [6.45, 7) is 0. The average Bonchev–Trinajstić information content (AvgIpc) is 1.64. The summed E-state index contributed by atoms with van der Waals surface area (Å²) in [5, 5.41) is 7.94. The predicted octanol–water partition coefficient (Wildman–Crippen LogP) is 0.756. The van der Waals surface area contributed by atoms with Crippen molar-refractivity contribution in [3.05, 3.63) is 0 Å². The van der Waals surface area contributed by atoms with Crippen LogP contribution in [-0.2, 0) is 9.59 Å². The zero-order valence-electron chi connectivity index (χ0n) is 3.60. The third-order valence-corrected chi connectivity index (χ3v) is 1.24. The molecule has 0 aliphatic carbocycles.